The molecule has 0 aliphatic rings. The Morgan fingerprint density at radius 1 is 0.862 bits per heavy atom. The van der Waals surface area contributed by atoms with Gasteiger partial charge < -0.3 is 0 Å². The fourth-order valence-corrected chi connectivity index (χ4v) is 6.08. The first-order valence-corrected chi connectivity index (χ1v) is 12.0. The molecule has 3 nitrogen and oxygen atoms in total. The molecule has 29 heavy (non-hydrogen) atoms. The zero-order valence-corrected chi connectivity index (χ0v) is 19.3. The number of para-hydroxylation sites is 1. The molecule has 0 saturated heterocycles. The topological polar surface area (TPSA) is 39.1 Å². The van der Waals surface area contributed by atoms with Crippen LogP contribution in [-0.2, 0) is 16.4 Å². The van der Waals surface area contributed by atoms with Gasteiger partial charge in [-0.1, -0.05) is 88.7 Å². The van der Waals surface area contributed by atoms with E-state index in [4.69, 9.17) is 0 Å². The summed E-state index contributed by atoms with van der Waals surface area (Å²) in [5.41, 5.74) is 2.38. The number of halogens is 2. The van der Waals surface area contributed by atoms with Crippen LogP contribution in [0.4, 0.5) is 0 Å². The summed E-state index contributed by atoms with van der Waals surface area (Å²) in [5.74, 6) is 0. The fraction of sp³-hybridized carbons (Fsp3) is 0.0435. The maximum Gasteiger partial charge on any atom is 0.268 e. The van der Waals surface area contributed by atoms with Crippen molar-refractivity contribution in [2.75, 3.05) is 0 Å². The lowest BCUT2D eigenvalue weighted by atomic mass is 10.2. The molecule has 0 unspecified atom stereocenters. The van der Waals surface area contributed by atoms with Gasteiger partial charge in [-0.2, -0.15) is 0 Å². The molecule has 0 fully saturated rings. The Labute approximate surface area is 187 Å². The molecule has 0 radical (unpaired) electrons. The van der Waals surface area contributed by atoms with Gasteiger partial charge in [0.1, 0.15) is 0 Å². The highest BCUT2D eigenvalue weighted by Crippen LogP contribution is 2.35. The van der Waals surface area contributed by atoms with Crippen molar-refractivity contribution in [2.45, 2.75) is 11.3 Å². The second kappa shape index (κ2) is 8.30. The van der Waals surface area contributed by atoms with E-state index in [9.17, 15) is 8.42 Å². The maximum atomic E-state index is 13.5. The van der Waals surface area contributed by atoms with Gasteiger partial charge in [-0.05, 0) is 39.7 Å². The SMILES string of the molecule is O=S(=O)(c1ccccc1)n1c(C/C=C(/Br)c2ccccc2)c(Br)c2ccccc21. The minimum Gasteiger partial charge on any atom is -0.236 e. The van der Waals surface area contributed by atoms with Crippen LogP contribution in [0, 0.1) is 0 Å². The Morgan fingerprint density at radius 2 is 1.45 bits per heavy atom. The van der Waals surface area contributed by atoms with Crippen molar-refractivity contribution in [1.29, 1.82) is 0 Å². The predicted molar refractivity (Wildman–Crippen MR) is 126 cm³/mol. The summed E-state index contributed by atoms with van der Waals surface area (Å²) in [6, 6.07) is 26.0. The van der Waals surface area contributed by atoms with Gasteiger partial charge in [0.15, 0.2) is 0 Å². The molecule has 0 N–H and O–H groups in total. The van der Waals surface area contributed by atoms with Gasteiger partial charge in [-0.25, -0.2) is 12.4 Å². The molecule has 0 spiro atoms. The number of fused-ring (bicyclic) bond motifs is 1. The Bertz CT molecular complexity index is 1290. The summed E-state index contributed by atoms with van der Waals surface area (Å²) < 4.78 is 30.2. The summed E-state index contributed by atoms with van der Waals surface area (Å²) in [6.45, 7) is 0. The Morgan fingerprint density at radius 3 is 2.14 bits per heavy atom. The van der Waals surface area contributed by atoms with Crippen LogP contribution >= 0.6 is 31.9 Å². The van der Waals surface area contributed by atoms with Crippen LogP contribution in [0.15, 0.2) is 100 Å². The van der Waals surface area contributed by atoms with E-state index in [1.165, 1.54) is 3.97 Å². The van der Waals surface area contributed by atoms with Gasteiger partial charge in [-0.15, -0.1) is 0 Å². The monoisotopic (exact) mass is 529 g/mol. The quantitative estimate of drug-likeness (QED) is 0.291. The third-order valence-corrected chi connectivity index (χ3v) is 8.10. The lowest BCUT2D eigenvalue weighted by Crippen LogP contribution is -2.15. The summed E-state index contributed by atoms with van der Waals surface area (Å²) in [4.78, 5) is 0.264. The standard InChI is InChI=1S/C23H17Br2NO2S/c24-20(17-9-3-1-4-10-17)15-16-22-23(25)19-13-7-8-14-21(19)26(22)29(27,28)18-11-5-2-6-12-18/h1-15H,16H2/b20-15+. The van der Waals surface area contributed by atoms with E-state index >= 15 is 0 Å². The average molecular weight is 531 g/mol. The Kier molecular flexibility index (Phi) is 5.76. The lowest BCUT2D eigenvalue weighted by molar-refractivity contribution is 0.587. The number of benzene rings is 3. The summed E-state index contributed by atoms with van der Waals surface area (Å²) in [5, 5.41) is 0.867. The second-order valence-electron chi connectivity index (χ2n) is 6.48. The number of hydrogen-bond acceptors (Lipinski definition) is 2. The molecule has 0 aliphatic heterocycles. The van der Waals surface area contributed by atoms with Gasteiger partial charge in [0, 0.05) is 20.8 Å². The molecule has 0 atom stereocenters. The smallest absolute Gasteiger partial charge is 0.236 e. The zero-order chi connectivity index (χ0) is 20.4. The first kappa shape index (κ1) is 20.1. The largest absolute Gasteiger partial charge is 0.268 e. The van der Waals surface area contributed by atoms with E-state index in [-0.39, 0.29) is 4.90 Å². The van der Waals surface area contributed by atoms with Gasteiger partial charge in [0.2, 0.25) is 0 Å². The predicted octanol–water partition coefficient (Wildman–Crippen LogP) is 6.62. The Hall–Kier alpha value is -2.15. The molecule has 0 amide bonds. The number of nitrogens with zero attached hydrogens (tertiary/aromatic N) is 1. The number of rotatable bonds is 5. The van der Waals surface area contributed by atoms with Crippen LogP contribution in [0.25, 0.3) is 15.4 Å². The molecule has 146 valence electrons. The van der Waals surface area contributed by atoms with Crippen molar-refractivity contribution in [3.05, 3.63) is 107 Å². The second-order valence-corrected chi connectivity index (χ2v) is 9.92. The molecule has 1 heterocycles. The van der Waals surface area contributed by atoms with Gasteiger partial charge in [0.05, 0.1) is 16.1 Å². The zero-order valence-electron chi connectivity index (χ0n) is 15.3. The molecule has 6 heteroatoms. The fourth-order valence-electron chi connectivity index (χ4n) is 3.27. The highest BCUT2D eigenvalue weighted by molar-refractivity contribution is 9.15. The summed E-state index contributed by atoms with van der Waals surface area (Å²) in [7, 11) is -3.75. The van der Waals surface area contributed by atoms with E-state index in [1.54, 1.807) is 24.3 Å². The maximum absolute atomic E-state index is 13.5. The lowest BCUT2D eigenvalue weighted by Gasteiger charge is -2.12. The Balaban J connectivity index is 1.89. The normalized spacial score (nSPS) is 12.4. The number of hydrogen-bond donors (Lipinski definition) is 0. The molecule has 4 aromatic rings. The van der Waals surface area contributed by atoms with Crippen LogP contribution in [0.2, 0.25) is 0 Å². The van der Waals surface area contributed by atoms with E-state index in [0.29, 0.717) is 17.6 Å². The third-order valence-electron chi connectivity index (χ3n) is 4.66. The van der Waals surface area contributed by atoms with E-state index in [0.717, 1.165) is 19.9 Å². The first-order chi connectivity index (χ1) is 14.0. The van der Waals surface area contributed by atoms with E-state index < -0.39 is 10.0 Å². The van der Waals surface area contributed by atoms with Crippen molar-refractivity contribution in [3.63, 3.8) is 0 Å². The van der Waals surface area contributed by atoms with Crippen LogP contribution in [0.1, 0.15) is 11.3 Å². The molecule has 4 rings (SSSR count). The highest BCUT2D eigenvalue weighted by Gasteiger charge is 2.25. The summed E-state index contributed by atoms with van der Waals surface area (Å²) in [6.07, 6.45) is 2.43. The van der Waals surface area contributed by atoms with Gasteiger partial charge in [-0.3, -0.25) is 0 Å². The minimum absolute atomic E-state index is 0.264. The van der Waals surface area contributed by atoms with Gasteiger partial charge >= 0.3 is 0 Å². The van der Waals surface area contributed by atoms with Crippen LogP contribution in [0.3, 0.4) is 0 Å². The molecule has 0 bridgehead atoms. The van der Waals surface area contributed by atoms with Crippen molar-refractivity contribution in [2.24, 2.45) is 0 Å². The number of aromatic nitrogens is 1. The summed E-state index contributed by atoms with van der Waals surface area (Å²) >= 11 is 7.26. The van der Waals surface area contributed by atoms with Crippen molar-refractivity contribution < 1.29 is 8.42 Å². The average Bonchev–Trinajstić information content (AvgIpc) is 3.06. The van der Waals surface area contributed by atoms with Crippen LogP contribution < -0.4 is 0 Å². The minimum atomic E-state index is -3.75. The third kappa shape index (κ3) is 3.84. The molecule has 3 aromatic carbocycles. The molecule has 0 aliphatic carbocycles. The van der Waals surface area contributed by atoms with Crippen LogP contribution in [-0.4, -0.2) is 12.4 Å². The van der Waals surface area contributed by atoms with E-state index in [2.05, 4.69) is 31.9 Å². The highest BCUT2D eigenvalue weighted by atomic mass is 79.9. The van der Waals surface area contributed by atoms with Gasteiger partial charge in [0.25, 0.3) is 10.0 Å². The molecule has 1 aromatic heterocycles. The van der Waals surface area contributed by atoms with Crippen LogP contribution in [0.5, 0.6) is 0 Å². The molecular formula is C23H17Br2NO2S. The van der Waals surface area contributed by atoms with E-state index in [1.807, 2.05) is 66.7 Å². The van der Waals surface area contributed by atoms with Crippen molar-refractivity contribution >= 4 is 57.3 Å². The molecule has 0 saturated carbocycles. The van der Waals surface area contributed by atoms with Crippen molar-refractivity contribution in [1.82, 2.24) is 3.97 Å². The number of allylic oxidation sites excluding steroid dienone is 1. The first-order valence-electron chi connectivity index (χ1n) is 8.99. The molecular weight excluding hydrogens is 514 g/mol. The van der Waals surface area contributed by atoms with Crippen molar-refractivity contribution in [3.8, 4) is 0 Å².